The van der Waals surface area contributed by atoms with E-state index in [4.69, 9.17) is 0 Å². The Hall–Kier alpha value is -0.580. The van der Waals surface area contributed by atoms with Crippen molar-refractivity contribution < 1.29 is 13.2 Å². The molecule has 0 heterocycles. The fraction of sp³-hybridized carbons (Fsp3) is 0.867. The first-order valence-electron chi connectivity index (χ1n) is 8.13. The molecule has 0 unspecified atom stereocenters. The van der Waals surface area contributed by atoms with E-state index in [0.29, 0.717) is 19.0 Å². The molecule has 1 amide bonds. The summed E-state index contributed by atoms with van der Waals surface area (Å²) in [5.74, 6) is 0.897. The van der Waals surface area contributed by atoms with Gasteiger partial charge in [0.2, 0.25) is 5.91 Å². The second kappa shape index (κ2) is 10.4. The summed E-state index contributed by atoms with van der Waals surface area (Å²) in [5, 5.41) is 6.19. The highest BCUT2D eigenvalue weighted by Gasteiger charge is 2.42. The van der Waals surface area contributed by atoms with E-state index < -0.39 is 9.84 Å². The quantitative estimate of drug-likeness (QED) is 0.325. The van der Waals surface area contributed by atoms with Crippen LogP contribution in [0, 0.1) is 5.41 Å². The fourth-order valence-electron chi connectivity index (χ4n) is 2.94. The van der Waals surface area contributed by atoms with Crippen LogP contribution in [0.2, 0.25) is 0 Å². The highest BCUT2D eigenvalue weighted by atomic mass is 127. The van der Waals surface area contributed by atoms with Crippen LogP contribution in [0.1, 0.15) is 32.6 Å². The average molecular weight is 474 g/mol. The van der Waals surface area contributed by atoms with Crippen LogP contribution >= 0.6 is 24.0 Å². The maximum atomic E-state index is 12.5. The summed E-state index contributed by atoms with van der Waals surface area (Å²) in [7, 11) is 2.21. The smallest absolute Gasteiger partial charge is 0.230 e. The lowest BCUT2D eigenvalue weighted by Gasteiger charge is -2.31. The van der Waals surface area contributed by atoms with Gasteiger partial charge in [-0.05, 0) is 12.8 Å². The van der Waals surface area contributed by atoms with Crippen molar-refractivity contribution in [2.45, 2.75) is 32.6 Å². The number of sulfone groups is 1. The van der Waals surface area contributed by atoms with Crippen LogP contribution in [-0.2, 0) is 14.6 Å². The van der Waals surface area contributed by atoms with Gasteiger partial charge in [0.25, 0.3) is 0 Å². The van der Waals surface area contributed by atoms with Gasteiger partial charge in [-0.1, -0.05) is 19.8 Å². The molecule has 142 valence electrons. The fourth-order valence-corrected chi connectivity index (χ4v) is 3.64. The molecule has 1 aliphatic rings. The zero-order chi connectivity index (χ0) is 17.5. The van der Waals surface area contributed by atoms with Gasteiger partial charge in [0.1, 0.15) is 0 Å². The van der Waals surface area contributed by atoms with Crippen molar-refractivity contribution in [1.29, 1.82) is 0 Å². The second-order valence-electron chi connectivity index (χ2n) is 6.28. The molecule has 7 nitrogen and oxygen atoms in total. The van der Waals surface area contributed by atoms with Crippen LogP contribution in [0.5, 0.6) is 0 Å². The topological polar surface area (TPSA) is 90.9 Å². The maximum Gasteiger partial charge on any atom is 0.230 e. The lowest BCUT2D eigenvalue weighted by atomic mass is 9.84. The molecule has 0 atom stereocenters. The van der Waals surface area contributed by atoms with Gasteiger partial charge in [-0.3, -0.25) is 9.79 Å². The molecule has 9 heteroatoms. The molecule has 0 bridgehead atoms. The highest BCUT2D eigenvalue weighted by molar-refractivity contribution is 14.0. The van der Waals surface area contributed by atoms with Gasteiger partial charge in [-0.2, -0.15) is 0 Å². The van der Waals surface area contributed by atoms with Crippen LogP contribution in [0.4, 0.5) is 0 Å². The first-order chi connectivity index (χ1) is 10.8. The number of guanidine groups is 1. The third kappa shape index (κ3) is 6.73. The molecule has 0 spiro atoms. The zero-order valence-corrected chi connectivity index (χ0v) is 18.2. The van der Waals surface area contributed by atoms with Crippen LogP contribution in [0.3, 0.4) is 0 Å². The summed E-state index contributed by atoms with van der Waals surface area (Å²) < 4.78 is 23.0. The predicted octanol–water partition coefficient (Wildman–Crippen LogP) is 0.853. The molecule has 0 saturated heterocycles. The summed E-state index contributed by atoms with van der Waals surface area (Å²) >= 11 is 0. The van der Waals surface area contributed by atoms with Gasteiger partial charge in [0.05, 0.1) is 11.2 Å². The molecule has 24 heavy (non-hydrogen) atoms. The molecule has 1 fully saturated rings. The van der Waals surface area contributed by atoms with Gasteiger partial charge < -0.3 is 15.5 Å². The molecule has 0 aromatic rings. The number of hydrogen-bond acceptors (Lipinski definition) is 4. The van der Waals surface area contributed by atoms with Crippen LogP contribution in [0.15, 0.2) is 4.99 Å². The summed E-state index contributed by atoms with van der Waals surface area (Å²) in [6.45, 7) is 2.47. The summed E-state index contributed by atoms with van der Waals surface area (Å²) in [4.78, 5) is 18.3. The average Bonchev–Trinajstić information content (AvgIpc) is 2.99. The van der Waals surface area contributed by atoms with Gasteiger partial charge in [0, 0.05) is 40.0 Å². The first-order valence-corrected chi connectivity index (χ1v) is 9.95. The third-order valence-electron chi connectivity index (χ3n) is 4.38. The van der Waals surface area contributed by atoms with Crippen molar-refractivity contribution in [2.75, 3.05) is 45.7 Å². The number of aliphatic imine (C=N–C) groups is 1. The van der Waals surface area contributed by atoms with E-state index in [2.05, 4.69) is 15.6 Å². The molecule has 2 N–H and O–H groups in total. The van der Waals surface area contributed by atoms with Crippen LogP contribution in [-0.4, -0.2) is 70.9 Å². The Kier molecular flexibility index (Phi) is 10.2. The third-order valence-corrected chi connectivity index (χ3v) is 6.09. The standard InChI is InChI=1S/C15H30N4O3S.HI/c1-5-23(21,22)11-10-17-14(16-2)18-12-15(8-6-7-9-15)13(20)19(3)4;/h5-12H2,1-4H3,(H2,16,17,18);1H. The minimum absolute atomic E-state index is 0. The molecule has 0 aromatic heterocycles. The van der Waals surface area contributed by atoms with E-state index in [0.717, 1.165) is 25.7 Å². The SMILES string of the molecule is CCS(=O)(=O)CCNC(=NC)NCC1(C(=O)N(C)C)CCCC1.I. The van der Waals surface area contributed by atoms with Crippen LogP contribution < -0.4 is 10.6 Å². The van der Waals surface area contributed by atoms with Gasteiger partial charge >= 0.3 is 0 Å². The van der Waals surface area contributed by atoms with Crippen molar-refractivity contribution in [2.24, 2.45) is 10.4 Å². The number of nitrogens with zero attached hydrogens (tertiary/aromatic N) is 2. The molecule has 0 aliphatic heterocycles. The van der Waals surface area contributed by atoms with E-state index in [-0.39, 0.29) is 46.8 Å². The highest BCUT2D eigenvalue weighted by Crippen LogP contribution is 2.38. The van der Waals surface area contributed by atoms with E-state index in [1.807, 2.05) is 0 Å². The first kappa shape index (κ1) is 23.4. The summed E-state index contributed by atoms with van der Waals surface area (Å²) in [5.41, 5.74) is -0.378. The van der Waals surface area contributed by atoms with E-state index in [9.17, 15) is 13.2 Å². The predicted molar refractivity (Wildman–Crippen MR) is 109 cm³/mol. The van der Waals surface area contributed by atoms with Crippen molar-refractivity contribution in [3.8, 4) is 0 Å². The lowest BCUT2D eigenvalue weighted by Crippen LogP contribution is -2.49. The Morgan fingerprint density at radius 1 is 1.21 bits per heavy atom. The molecular weight excluding hydrogens is 443 g/mol. The van der Waals surface area contributed by atoms with Crippen molar-refractivity contribution in [3.05, 3.63) is 0 Å². The second-order valence-corrected chi connectivity index (χ2v) is 8.75. The monoisotopic (exact) mass is 474 g/mol. The largest absolute Gasteiger partial charge is 0.355 e. The number of carbonyl (C=O) groups excluding carboxylic acids is 1. The number of amides is 1. The molecule has 1 saturated carbocycles. The molecule has 0 radical (unpaired) electrons. The Morgan fingerprint density at radius 3 is 2.25 bits per heavy atom. The number of halogens is 1. The number of nitrogens with one attached hydrogen (secondary N) is 2. The Morgan fingerprint density at radius 2 is 1.79 bits per heavy atom. The number of carbonyl (C=O) groups is 1. The van der Waals surface area contributed by atoms with E-state index in [1.165, 1.54) is 0 Å². The lowest BCUT2D eigenvalue weighted by molar-refractivity contribution is -0.138. The normalized spacial score (nSPS) is 17.1. The van der Waals surface area contributed by atoms with Crippen molar-refractivity contribution >= 4 is 45.7 Å². The van der Waals surface area contributed by atoms with Gasteiger partial charge in [-0.15, -0.1) is 24.0 Å². The van der Waals surface area contributed by atoms with E-state index in [1.54, 1.807) is 33.0 Å². The van der Waals surface area contributed by atoms with Gasteiger partial charge in [0.15, 0.2) is 15.8 Å². The van der Waals surface area contributed by atoms with Crippen molar-refractivity contribution in [3.63, 3.8) is 0 Å². The molecule has 0 aromatic carbocycles. The molecule has 1 rings (SSSR count). The zero-order valence-electron chi connectivity index (χ0n) is 15.1. The summed E-state index contributed by atoms with van der Waals surface area (Å²) in [6.07, 6.45) is 3.86. The van der Waals surface area contributed by atoms with Crippen molar-refractivity contribution in [1.82, 2.24) is 15.5 Å². The van der Waals surface area contributed by atoms with E-state index >= 15 is 0 Å². The van der Waals surface area contributed by atoms with Gasteiger partial charge in [-0.25, -0.2) is 8.42 Å². The Bertz CT molecular complexity index is 529. The Labute approximate surface area is 163 Å². The number of hydrogen-bond donors (Lipinski definition) is 2. The van der Waals surface area contributed by atoms with Crippen LogP contribution in [0.25, 0.3) is 0 Å². The Balaban J connectivity index is 0.00000529. The minimum atomic E-state index is -3.00. The maximum absolute atomic E-state index is 12.5. The molecular formula is C15H31IN4O3S. The molecule has 1 aliphatic carbocycles. The summed E-state index contributed by atoms with van der Waals surface area (Å²) in [6, 6.07) is 0. The minimum Gasteiger partial charge on any atom is -0.355 e. The number of rotatable bonds is 7.